The van der Waals surface area contributed by atoms with Crippen LogP contribution < -0.4 is 15.6 Å². The summed E-state index contributed by atoms with van der Waals surface area (Å²) in [6.07, 6.45) is 1.36. The van der Waals surface area contributed by atoms with Gasteiger partial charge in [-0.1, -0.05) is 20.8 Å². The zero-order chi connectivity index (χ0) is 33.9. The van der Waals surface area contributed by atoms with Crippen LogP contribution in [0.3, 0.4) is 0 Å². The molecule has 242 valence electrons. The number of hydrogen-bond donors (Lipinski definition) is 0. The Morgan fingerprint density at radius 1 is 0.489 bits per heavy atom. The van der Waals surface area contributed by atoms with E-state index in [2.05, 4.69) is 0 Å². The third-order valence-electron chi connectivity index (χ3n) is 9.15. The quantitative estimate of drug-likeness (QED) is 0.0920. The summed E-state index contributed by atoms with van der Waals surface area (Å²) in [7, 11) is -7.42. The van der Waals surface area contributed by atoms with Gasteiger partial charge in [0.1, 0.15) is 0 Å². The highest BCUT2D eigenvalue weighted by Gasteiger charge is 2.64. The van der Waals surface area contributed by atoms with E-state index in [1.54, 1.807) is 0 Å². The number of hydrogen-bond acceptors (Lipinski definition) is 1. The van der Waals surface area contributed by atoms with Crippen LogP contribution in [-0.4, -0.2) is 8.32 Å². The molecule has 2 atom stereocenters. The van der Waals surface area contributed by atoms with Gasteiger partial charge in [-0.3, -0.25) is 0 Å². The second-order valence-corrected chi connectivity index (χ2v) is 14.4. The molecule has 1 fully saturated rings. The lowest BCUT2D eigenvalue weighted by Gasteiger charge is -2.42. The Morgan fingerprint density at radius 2 is 0.756 bits per heavy atom. The summed E-state index contributed by atoms with van der Waals surface area (Å²) < 4.78 is 230. The second kappa shape index (κ2) is 10.2. The van der Waals surface area contributed by atoms with Crippen molar-refractivity contribution in [1.82, 2.24) is 0 Å². The van der Waals surface area contributed by atoms with E-state index >= 15 is 26.3 Å². The average molecular weight is 680 g/mol. The van der Waals surface area contributed by atoms with Crippen LogP contribution in [0.15, 0.2) is 11.8 Å². The van der Waals surface area contributed by atoms with Crippen molar-refractivity contribution >= 4 is 23.9 Å². The summed E-state index contributed by atoms with van der Waals surface area (Å²) in [5.41, 5.74) is -2.51. The van der Waals surface area contributed by atoms with Gasteiger partial charge in [0.15, 0.2) is 69.8 Å². The minimum absolute atomic E-state index is 0.00624. The van der Waals surface area contributed by atoms with Gasteiger partial charge in [0.2, 0.25) is 17.5 Å². The van der Waals surface area contributed by atoms with Crippen molar-refractivity contribution < 1.29 is 70.3 Å². The Labute approximate surface area is 244 Å². The molecule has 0 spiro atoms. The number of fused-ring (bicyclic) bond motifs is 2. The zero-order valence-corrected chi connectivity index (χ0v) is 23.6. The SMILES string of the molecule is CC1(C)[C@H]2C=C(O[Si](c3c(F)c(F)c(F)c(F)c3F)(c3c(F)c(F)c(F)c(F)c3F)c3c(F)c(F)c(F)c(F)c3F)[C@]1(C)CC2. The van der Waals surface area contributed by atoms with E-state index in [1.165, 1.54) is 20.8 Å². The van der Waals surface area contributed by atoms with E-state index in [-0.39, 0.29) is 6.42 Å². The van der Waals surface area contributed by atoms with Crippen LogP contribution in [0.2, 0.25) is 0 Å². The van der Waals surface area contributed by atoms with Crippen molar-refractivity contribution in [2.75, 3.05) is 0 Å². The molecule has 0 aromatic heterocycles. The largest absolute Gasteiger partial charge is 0.533 e. The summed E-state index contributed by atoms with van der Waals surface area (Å²) >= 11 is 0. The van der Waals surface area contributed by atoms with E-state index in [4.69, 9.17) is 4.43 Å². The maximum absolute atomic E-state index is 15.7. The fraction of sp³-hybridized carbons (Fsp3) is 0.286. The highest BCUT2D eigenvalue weighted by Crippen LogP contribution is 2.65. The van der Waals surface area contributed by atoms with E-state index < -0.39 is 134 Å². The Hall–Kier alpha value is -3.63. The molecule has 2 aliphatic rings. The molecule has 0 amide bonds. The molecule has 2 bridgehead atoms. The van der Waals surface area contributed by atoms with Crippen LogP contribution >= 0.6 is 0 Å². The predicted octanol–water partition coefficient (Wildman–Crippen LogP) is 7.10. The normalized spacial score (nSPS) is 20.7. The molecule has 5 rings (SSSR count). The lowest BCUT2D eigenvalue weighted by molar-refractivity contribution is 0.129. The van der Waals surface area contributed by atoms with Crippen LogP contribution in [0.4, 0.5) is 65.9 Å². The first-order valence-electron chi connectivity index (χ1n) is 12.7. The molecule has 1 nitrogen and oxygen atoms in total. The summed E-state index contributed by atoms with van der Waals surface area (Å²) in [4.78, 5) is 0. The summed E-state index contributed by atoms with van der Waals surface area (Å²) in [6.45, 7) is 4.40. The smallest absolute Gasteiger partial charge is 0.364 e. The molecule has 0 unspecified atom stereocenters. The number of benzene rings is 3. The fourth-order valence-electron chi connectivity index (χ4n) is 6.22. The van der Waals surface area contributed by atoms with Crippen molar-refractivity contribution in [2.24, 2.45) is 16.7 Å². The molecular weight excluding hydrogens is 665 g/mol. The van der Waals surface area contributed by atoms with Gasteiger partial charge >= 0.3 is 8.32 Å². The molecule has 0 saturated heterocycles. The van der Waals surface area contributed by atoms with E-state index in [0.717, 1.165) is 6.08 Å². The standard InChI is InChI=1S/C28H15F15OSi/c1-27(2)7-4-5-28(27,3)8(6-7)44-45(24-18(38)12(32)9(29)13(33)19(24)39,25-20(40)14(34)10(30)15(35)21(25)41)26-22(42)16(36)11(31)17(37)23(26)43/h6-7H,4-5H2,1-3H3/t7-,28+/m1/s1. The topological polar surface area (TPSA) is 9.23 Å². The molecule has 45 heavy (non-hydrogen) atoms. The van der Waals surface area contributed by atoms with E-state index in [9.17, 15) is 39.5 Å². The lowest BCUT2D eigenvalue weighted by atomic mass is 9.70. The van der Waals surface area contributed by atoms with Gasteiger partial charge in [-0.15, -0.1) is 0 Å². The molecule has 3 aromatic carbocycles. The first kappa shape index (κ1) is 32.8. The Morgan fingerprint density at radius 3 is 0.978 bits per heavy atom. The highest BCUT2D eigenvalue weighted by atomic mass is 28.4. The molecule has 1 saturated carbocycles. The van der Waals surface area contributed by atoms with Gasteiger partial charge in [0.25, 0.3) is 0 Å². The van der Waals surface area contributed by atoms with Crippen molar-refractivity contribution in [3.63, 3.8) is 0 Å². The maximum atomic E-state index is 15.7. The Bertz CT molecular complexity index is 1600. The molecule has 0 N–H and O–H groups in total. The monoisotopic (exact) mass is 680 g/mol. The van der Waals surface area contributed by atoms with Crippen molar-refractivity contribution in [2.45, 2.75) is 33.6 Å². The first-order chi connectivity index (χ1) is 20.7. The summed E-state index contributed by atoms with van der Waals surface area (Å²) in [5, 5.41) is -8.14. The van der Waals surface area contributed by atoms with Gasteiger partial charge < -0.3 is 4.43 Å². The van der Waals surface area contributed by atoms with Gasteiger partial charge in [-0.25, -0.2) is 65.9 Å². The van der Waals surface area contributed by atoms with Crippen LogP contribution in [0, 0.1) is 104 Å². The minimum Gasteiger partial charge on any atom is -0.533 e. The van der Waals surface area contributed by atoms with Gasteiger partial charge in [0.05, 0.1) is 21.3 Å². The molecular formula is C28H15F15OSi. The number of rotatable bonds is 5. The van der Waals surface area contributed by atoms with Crippen LogP contribution in [0.5, 0.6) is 0 Å². The molecule has 3 aromatic rings. The third-order valence-corrected chi connectivity index (χ3v) is 13.1. The molecule has 0 heterocycles. The van der Waals surface area contributed by atoms with Crippen molar-refractivity contribution in [3.8, 4) is 0 Å². The zero-order valence-electron chi connectivity index (χ0n) is 22.6. The summed E-state index contributed by atoms with van der Waals surface area (Å²) in [5.74, 6) is -47.1. The summed E-state index contributed by atoms with van der Waals surface area (Å²) in [6, 6.07) is 0. The number of halogens is 15. The first-order valence-corrected chi connectivity index (χ1v) is 14.6. The maximum Gasteiger partial charge on any atom is 0.364 e. The Kier molecular flexibility index (Phi) is 7.41. The molecule has 0 aliphatic heterocycles. The fourth-order valence-corrected chi connectivity index (χ4v) is 10.4. The highest BCUT2D eigenvalue weighted by molar-refractivity contribution is 7.07. The van der Waals surface area contributed by atoms with Gasteiger partial charge in [0, 0.05) is 5.41 Å². The van der Waals surface area contributed by atoms with Crippen LogP contribution in [0.25, 0.3) is 0 Å². The van der Waals surface area contributed by atoms with Crippen LogP contribution in [0.1, 0.15) is 33.6 Å². The van der Waals surface area contributed by atoms with Crippen molar-refractivity contribution in [3.05, 3.63) is 99.1 Å². The van der Waals surface area contributed by atoms with Gasteiger partial charge in [-0.05, 0) is 30.3 Å². The average Bonchev–Trinajstić information content (AvgIpc) is 3.32. The molecule has 2 aliphatic carbocycles. The molecule has 17 heteroatoms. The third kappa shape index (κ3) is 3.97. The van der Waals surface area contributed by atoms with Crippen molar-refractivity contribution in [1.29, 1.82) is 0 Å². The minimum atomic E-state index is -7.42. The Balaban J connectivity index is 2.14. The van der Waals surface area contributed by atoms with Gasteiger partial charge in [-0.2, -0.15) is 0 Å². The number of allylic oxidation sites excluding steroid dienone is 2. The van der Waals surface area contributed by atoms with E-state index in [1.807, 2.05) is 0 Å². The molecule has 0 radical (unpaired) electrons. The predicted molar refractivity (Wildman–Crippen MR) is 127 cm³/mol. The lowest BCUT2D eigenvalue weighted by Crippen LogP contribution is -2.75. The second-order valence-electron chi connectivity index (χ2n) is 11.3. The van der Waals surface area contributed by atoms with E-state index in [0.29, 0.717) is 6.42 Å². The van der Waals surface area contributed by atoms with Crippen LogP contribution in [-0.2, 0) is 4.43 Å².